The average molecular weight is 433 g/mol. The zero-order valence-electron chi connectivity index (χ0n) is 17.8. The third-order valence-corrected chi connectivity index (χ3v) is 5.98. The first-order valence-electron chi connectivity index (χ1n) is 10.1. The minimum atomic E-state index is -0.447. The highest BCUT2D eigenvalue weighted by atomic mass is 32.1. The van der Waals surface area contributed by atoms with Crippen LogP contribution in [0.2, 0.25) is 0 Å². The van der Waals surface area contributed by atoms with Gasteiger partial charge in [0, 0.05) is 11.3 Å². The molecule has 3 aromatic rings. The van der Waals surface area contributed by atoms with Crippen molar-refractivity contribution in [2.75, 3.05) is 12.0 Å². The van der Waals surface area contributed by atoms with Crippen molar-refractivity contribution in [2.24, 2.45) is 0 Å². The van der Waals surface area contributed by atoms with Crippen molar-refractivity contribution in [3.8, 4) is 17.2 Å². The quantitative estimate of drug-likeness (QED) is 0.448. The van der Waals surface area contributed by atoms with E-state index in [0.29, 0.717) is 29.1 Å². The maximum Gasteiger partial charge on any atom is 0.340 e. The van der Waals surface area contributed by atoms with Gasteiger partial charge in [-0.2, -0.15) is 5.26 Å². The molecule has 5 nitrogen and oxygen atoms in total. The van der Waals surface area contributed by atoms with Crippen LogP contribution >= 0.6 is 11.3 Å². The number of esters is 1. The Bertz CT molecular complexity index is 1130. The predicted octanol–water partition coefficient (Wildman–Crippen LogP) is 5.72. The molecule has 0 bridgehead atoms. The fourth-order valence-corrected chi connectivity index (χ4v) is 4.40. The van der Waals surface area contributed by atoms with Crippen LogP contribution in [0.3, 0.4) is 0 Å². The normalized spacial score (nSPS) is 10.4. The number of carbonyl (C=O) groups is 2. The highest BCUT2D eigenvalue weighted by molar-refractivity contribution is 7.16. The summed E-state index contributed by atoms with van der Waals surface area (Å²) in [5.41, 5.74) is 3.78. The van der Waals surface area contributed by atoms with Crippen LogP contribution in [-0.2, 0) is 16.1 Å². The van der Waals surface area contributed by atoms with Gasteiger partial charge in [0.05, 0.1) is 30.9 Å². The Morgan fingerprint density at radius 1 is 1.13 bits per heavy atom. The first kappa shape index (κ1) is 22.3. The van der Waals surface area contributed by atoms with E-state index < -0.39 is 5.97 Å². The van der Waals surface area contributed by atoms with Gasteiger partial charge in [0.15, 0.2) is 0 Å². The number of aryl methyl sites for hydroxylation is 1. The van der Waals surface area contributed by atoms with E-state index in [1.807, 2.05) is 56.3 Å². The topological polar surface area (TPSA) is 70.4 Å². The maximum atomic E-state index is 12.9. The van der Waals surface area contributed by atoms with Crippen molar-refractivity contribution in [3.05, 3.63) is 76.2 Å². The number of rotatable bonds is 7. The van der Waals surface area contributed by atoms with Gasteiger partial charge in [-0.3, -0.25) is 9.69 Å². The summed E-state index contributed by atoms with van der Waals surface area (Å²) in [6.07, 6.45) is 1.11. The van der Waals surface area contributed by atoms with Crippen molar-refractivity contribution < 1.29 is 14.3 Å². The van der Waals surface area contributed by atoms with Crippen LogP contribution in [0, 0.1) is 18.3 Å². The maximum absolute atomic E-state index is 12.9. The van der Waals surface area contributed by atoms with E-state index in [4.69, 9.17) is 4.74 Å². The molecule has 0 unspecified atom stereocenters. The summed E-state index contributed by atoms with van der Waals surface area (Å²) in [4.78, 5) is 27.8. The first-order valence-corrected chi connectivity index (χ1v) is 10.9. The van der Waals surface area contributed by atoms with Crippen molar-refractivity contribution in [1.82, 2.24) is 0 Å². The molecule has 0 fully saturated rings. The molecule has 3 rings (SSSR count). The molecule has 0 radical (unpaired) electrons. The second kappa shape index (κ2) is 10.1. The number of nitrogens with zero attached hydrogens (tertiary/aromatic N) is 2. The zero-order valence-corrected chi connectivity index (χ0v) is 18.7. The van der Waals surface area contributed by atoms with Gasteiger partial charge in [0.2, 0.25) is 5.91 Å². The summed E-state index contributed by atoms with van der Waals surface area (Å²) < 4.78 is 4.92. The minimum Gasteiger partial charge on any atom is -0.465 e. The minimum absolute atomic E-state index is 0.0339. The zero-order chi connectivity index (χ0) is 22.4. The SMILES string of the molecule is CCCC(=O)N(Cc1ccc(-c2ccccc2C#N)cc1)c1sc(C)cc1C(=O)OC. The molecular weight excluding hydrogens is 408 g/mol. The van der Waals surface area contributed by atoms with E-state index in [0.717, 1.165) is 28.0 Å². The molecule has 0 saturated carbocycles. The molecule has 1 aromatic heterocycles. The molecule has 158 valence electrons. The summed E-state index contributed by atoms with van der Waals surface area (Å²) in [6.45, 7) is 4.21. The van der Waals surface area contributed by atoms with Crippen LogP contribution in [0.1, 0.15) is 46.1 Å². The van der Waals surface area contributed by atoms with E-state index in [2.05, 4.69) is 6.07 Å². The smallest absolute Gasteiger partial charge is 0.340 e. The second-order valence-electron chi connectivity index (χ2n) is 7.15. The molecule has 31 heavy (non-hydrogen) atoms. The Kier molecular flexibility index (Phi) is 7.22. The number of hydrogen-bond donors (Lipinski definition) is 0. The molecule has 1 heterocycles. The lowest BCUT2D eigenvalue weighted by Crippen LogP contribution is -2.30. The first-order chi connectivity index (χ1) is 15.0. The molecule has 0 atom stereocenters. The molecular formula is C25H24N2O3S. The van der Waals surface area contributed by atoms with Gasteiger partial charge in [-0.1, -0.05) is 49.4 Å². The third-order valence-electron chi connectivity index (χ3n) is 4.90. The molecule has 0 spiro atoms. The summed E-state index contributed by atoms with van der Waals surface area (Å²) >= 11 is 1.41. The average Bonchev–Trinajstić information content (AvgIpc) is 3.18. The highest BCUT2D eigenvalue weighted by Crippen LogP contribution is 2.34. The molecule has 6 heteroatoms. The van der Waals surface area contributed by atoms with Gasteiger partial charge in [0.1, 0.15) is 5.00 Å². The Balaban J connectivity index is 1.94. The lowest BCUT2D eigenvalue weighted by atomic mass is 9.99. The van der Waals surface area contributed by atoms with Gasteiger partial charge in [-0.25, -0.2) is 4.79 Å². The summed E-state index contributed by atoms with van der Waals surface area (Å²) in [6, 6.07) is 19.3. The van der Waals surface area contributed by atoms with Gasteiger partial charge < -0.3 is 4.74 Å². The van der Waals surface area contributed by atoms with Crippen LogP contribution in [0.15, 0.2) is 54.6 Å². The Morgan fingerprint density at radius 3 is 2.48 bits per heavy atom. The van der Waals surface area contributed by atoms with Gasteiger partial charge >= 0.3 is 5.97 Å². The molecule has 0 N–H and O–H groups in total. The van der Waals surface area contributed by atoms with Crippen LogP contribution in [0.4, 0.5) is 5.00 Å². The van der Waals surface area contributed by atoms with Crippen molar-refractivity contribution in [3.63, 3.8) is 0 Å². The van der Waals surface area contributed by atoms with E-state index >= 15 is 0 Å². The summed E-state index contributed by atoms with van der Waals surface area (Å²) in [5.74, 6) is -0.481. The Labute approximate surface area is 186 Å². The molecule has 2 aromatic carbocycles. The molecule has 0 saturated heterocycles. The fourth-order valence-electron chi connectivity index (χ4n) is 3.39. The van der Waals surface area contributed by atoms with Crippen LogP contribution in [0.25, 0.3) is 11.1 Å². The molecule has 0 aliphatic carbocycles. The number of carbonyl (C=O) groups excluding carboxylic acids is 2. The predicted molar refractivity (Wildman–Crippen MR) is 123 cm³/mol. The van der Waals surface area contributed by atoms with Gasteiger partial charge in [-0.05, 0) is 42.2 Å². The number of benzene rings is 2. The monoisotopic (exact) mass is 432 g/mol. The Morgan fingerprint density at radius 2 is 1.84 bits per heavy atom. The number of amides is 1. The van der Waals surface area contributed by atoms with E-state index in [1.165, 1.54) is 18.4 Å². The molecule has 0 aliphatic rings. The van der Waals surface area contributed by atoms with E-state index in [1.54, 1.807) is 17.0 Å². The van der Waals surface area contributed by atoms with Crippen LogP contribution in [0.5, 0.6) is 0 Å². The second-order valence-corrected chi connectivity index (χ2v) is 8.39. The largest absolute Gasteiger partial charge is 0.465 e. The number of nitriles is 1. The number of methoxy groups -OCH3 is 1. The fraction of sp³-hybridized carbons (Fsp3) is 0.240. The van der Waals surface area contributed by atoms with Gasteiger partial charge in [0.25, 0.3) is 0 Å². The van der Waals surface area contributed by atoms with Crippen LogP contribution < -0.4 is 4.90 Å². The number of ether oxygens (including phenoxy) is 1. The van der Waals surface area contributed by atoms with Crippen molar-refractivity contribution in [2.45, 2.75) is 33.2 Å². The number of thiophene rings is 1. The van der Waals surface area contributed by atoms with Crippen molar-refractivity contribution in [1.29, 1.82) is 5.26 Å². The lowest BCUT2D eigenvalue weighted by Gasteiger charge is -2.22. The third kappa shape index (κ3) is 5.01. The highest BCUT2D eigenvalue weighted by Gasteiger charge is 2.25. The van der Waals surface area contributed by atoms with Gasteiger partial charge in [-0.15, -0.1) is 11.3 Å². The van der Waals surface area contributed by atoms with Crippen LogP contribution in [-0.4, -0.2) is 19.0 Å². The summed E-state index contributed by atoms with van der Waals surface area (Å²) in [7, 11) is 1.34. The van der Waals surface area contributed by atoms with E-state index in [-0.39, 0.29) is 5.91 Å². The molecule has 1 amide bonds. The molecule has 0 aliphatic heterocycles. The lowest BCUT2D eigenvalue weighted by molar-refractivity contribution is -0.118. The standard InChI is InChI=1S/C25H24N2O3S/c1-4-7-23(28)27(24-22(25(29)30-3)14-17(2)31-24)16-18-10-12-19(13-11-18)21-9-6-5-8-20(21)15-26/h5-6,8-14H,4,7,16H2,1-3H3. The summed E-state index contributed by atoms with van der Waals surface area (Å²) in [5, 5.41) is 9.97. The van der Waals surface area contributed by atoms with Crippen molar-refractivity contribution >= 4 is 28.2 Å². The van der Waals surface area contributed by atoms with E-state index in [9.17, 15) is 14.9 Å². The Hall–Kier alpha value is -3.43. The number of anilines is 1. The number of hydrogen-bond acceptors (Lipinski definition) is 5.